The highest BCUT2D eigenvalue weighted by Crippen LogP contribution is 2.23. The Balaban J connectivity index is 1.88. The van der Waals surface area contributed by atoms with E-state index in [2.05, 4.69) is 10.6 Å². The van der Waals surface area contributed by atoms with Gasteiger partial charge in [0.15, 0.2) is 6.54 Å². The van der Waals surface area contributed by atoms with Crippen LogP contribution in [-0.2, 0) is 11.3 Å². The summed E-state index contributed by atoms with van der Waals surface area (Å²) in [6.07, 6.45) is 0. The van der Waals surface area contributed by atoms with Crippen molar-refractivity contribution in [2.75, 3.05) is 33.1 Å². The van der Waals surface area contributed by atoms with Gasteiger partial charge in [0.1, 0.15) is 23.9 Å². The van der Waals surface area contributed by atoms with Crippen molar-refractivity contribution in [3.05, 3.63) is 53.8 Å². The van der Waals surface area contributed by atoms with E-state index in [0.717, 1.165) is 10.5 Å². The molecular weight excluding hydrogens is 353 g/mol. The number of carbonyl (C=O) groups excluding carboxylic acids is 2. The van der Waals surface area contributed by atoms with Crippen molar-refractivity contribution in [3.63, 3.8) is 0 Å². The molecule has 144 valence electrons. The van der Waals surface area contributed by atoms with Gasteiger partial charge in [-0.25, -0.2) is 9.18 Å². The van der Waals surface area contributed by atoms with Gasteiger partial charge < -0.3 is 19.7 Å². The Labute approximate surface area is 157 Å². The molecule has 0 heterocycles. The molecule has 2 aromatic carbocycles. The lowest BCUT2D eigenvalue weighted by Crippen LogP contribution is -3.09. The van der Waals surface area contributed by atoms with Crippen molar-refractivity contribution in [1.29, 1.82) is 0 Å². The smallest absolute Gasteiger partial charge is 0.326 e. The van der Waals surface area contributed by atoms with Crippen LogP contribution in [0.2, 0.25) is 0 Å². The number of hydrogen-bond acceptors (Lipinski definition) is 4. The molecule has 0 spiro atoms. The van der Waals surface area contributed by atoms with Gasteiger partial charge in [0.05, 0.1) is 27.0 Å². The predicted molar refractivity (Wildman–Crippen MR) is 98.6 cm³/mol. The summed E-state index contributed by atoms with van der Waals surface area (Å²) in [6, 6.07) is 10.4. The monoisotopic (exact) mass is 376 g/mol. The summed E-state index contributed by atoms with van der Waals surface area (Å²) in [5.41, 5.74) is 0.908. The molecule has 1 atom stereocenters. The van der Waals surface area contributed by atoms with Gasteiger partial charge in [-0.2, -0.15) is 0 Å². The van der Waals surface area contributed by atoms with E-state index < -0.39 is 17.8 Å². The van der Waals surface area contributed by atoms with Crippen molar-refractivity contribution in [2.45, 2.75) is 6.54 Å². The summed E-state index contributed by atoms with van der Waals surface area (Å²) < 4.78 is 24.0. The zero-order valence-corrected chi connectivity index (χ0v) is 15.5. The molecule has 0 radical (unpaired) electrons. The summed E-state index contributed by atoms with van der Waals surface area (Å²) >= 11 is 0. The Morgan fingerprint density at radius 1 is 1.11 bits per heavy atom. The lowest BCUT2D eigenvalue weighted by Gasteiger charge is -2.16. The van der Waals surface area contributed by atoms with Crippen LogP contribution in [0.5, 0.6) is 11.5 Å². The molecule has 0 fully saturated rings. The largest absolute Gasteiger partial charge is 0.497 e. The molecule has 0 aliphatic heterocycles. The number of quaternary nitrogens is 1. The van der Waals surface area contributed by atoms with Crippen LogP contribution in [0.4, 0.5) is 14.9 Å². The van der Waals surface area contributed by atoms with Crippen LogP contribution >= 0.6 is 0 Å². The first-order valence-electron chi connectivity index (χ1n) is 8.30. The number of carbonyl (C=O) groups is 2. The summed E-state index contributed by atoms with van der Waals surface area (Å²) in [7, 11) is 4.95. The molecule has 0 aromatic heterocycles. The van der Waals surface area contributed by atoms with Crippen LogP contribution in [-0.4, -0.2) is 39.8 Å². The summed E-state index contributed by atoms with van der Waals surface area (Å²) in [5.74, 6) is 0.283. The standard InChI is InChI=1S/C19H22FN3O4/c1-23(11-13-8-9-14(26-2)10-17(13)27-3)12-18(24)22-19(25)21-16-7-5-4-6-15(16)20/h4-10H,11-12H2,1-3H3,(H2,21,22,24,25)/p+1. The van der Waals surface area contributed by atoms with Gasteiger partial charge >= 0.3 is 6.03 Å². The first-order valence-corrected chi connectivity index (χ1v) is 8.30. The van der Waals surface area contributed by atoms with Crippen LogP contribution in [0.25, 0.3) is 0 Å². The van der Waals surface area contributed by atoms with Crippen LogP contribution in [0.3, 0.4) is 0 Å². The van der Waals surface area contributed by atoms with E-state index in [0.29, 0.717) is 18.0 Å². The second kappa shape index (κ2) is 9.54. The van der Waals surface area contributed by atoms with Crippen LogP contribution in [0.1, 0.15) is 5.56 Å². The van der Waals surface area contributed by atoms with Crippen molar-refractivity contribution < 1.29 is 28.4 Å². The van der Waals surface area contributed by atoms with Crippen molar-refractivity contribution in [1.82, 2.24) is 5.32 Å². The molecule has 0 aliphatic rings. The average Bonchev–Trinajstić information content (AvgIpc) is 2.63. The summed E-state index contributed by atoms with van der Waals surface area (Å²) in [5, 5.41) is 4.50. The highest BCUT2D eigenvalue weighted by molar-refractivity contribution is 6.01. The number of halogens is 1. The number of rotatable bonds is 7. The predicted octanol–water partition coefficient (Wildman–Crippen LogP) is 1.21. The Morgan fingerprint density at radius 3 is 2.52 bits per heavy atom. The van der Waals surface area contributed by atoms with Gasteiger partial charge in [-0.3, -0.25) is 10.1 Å². The van der Waals surface area contributed by atoms with E-state index in [1.165, 1.54) is 18.2 Å². The Kier molecular flexibility index (Phi) is 7.13. The number of likely N-dealkylation sites (N-methyl/N-ethyl adjacent to an activating group) is 1. The van der Waals surface area contributed by atoms with Gasteiger partial charge in [-0.05, 0) is 24.3 Å². The maximum atomic E-state index is 13.5. The van der Waals surface area contributed by atoms with Gasteiger partial charge in [0.2, 0.25) is 0 Å². The van der Waals surface area contributed by atoms with Gasteiger partial charge in [0.25, 0.3) is 5.91 Å². The SMILES string of the molecule is COc1ccc(C[NH+](C)CC(=O)NC(=O)Nc2ccccc2F)c(OC)c1. The number of hydrogen-bond donors (Lipinski definition) is 3. The number of para-hydroxylation sites is 1. The van der Waals surface area contributed by atoms with E-state index in [9.17, 15) is 14.0 Å². The van der Waals surface area contributed by atoms with Gasteiger partial charge in [-0.15, -0.1) is 0 Å². The first kappa shape index (κ1) is 20.2. The lowest BCUT2D eigenvalue weighted by molar-refractivity contribution is -0.885. The number of amides is 3. The maximum absolute atomic E-state index is 13.5. The van der Waals surface area contributed by atoms with Crippen molar-refractivity contribution in [2.24, 2.45) is 0 Å². The number of methoxy groups -OCH3 is 2. The molecule has 0 aliphatic carbocycles. The molecule has 2 aromatic rings. The third-order valence-corrected chi connectivity index (χ3v) is 3.82. The molecule has 3 N–H and O–H groups in total. The van der Waals surface area contributed by atoms with Crippen molar-refractivity contribution in [3.8, 4) is 11.5 Å². The molecular formula is C19H23FN3O4+. The lowest BCUT2D eigenvalue weighted by atomic mass is 10.2. The summed E-state index contributed by atoms with van der Waals surface area (Å²) in [6.45, 7) is 0.565. The number of ether oxygens (including phenoxy) is 2. The maximum Gasteiger partial charge on any atom is 0.326 e. The molecule has 0 saturated heterocycles. The molecule has 8 heteroatoms. The molecule has 1 unspecified atom stereocenters. The Morgan fingerprint density at radius 2 is 1.85 bits per heavy atom. The summed E-state index contributed by atoms with van der Waals surface area (Å²) in [4.78, 5) is 24.7. The number of benzene rings is 2. The third-order valence-electron chi connectivity index (χ3n) is 3.82. The zero-order valence-electron chi connectivity index (χ0n) is 15.5. The molecule has 27 heavy (non-hydrogen) atoms. The van der Waals surface area contributed by atoms with E-state index in [1.54, 1.807) is 26.4 Å². The minimum atomic E-state index is -0.778. The van der Waals surface area contributed by atoms with E-state index >= 15 is 0 Å². The quantitative estimate of drug-likeness (QED) is 0.679. The third kappa shape index (κ3) is 5.96. The average molecular weight is 376 g/mol. The second-order valence-corrected chi connectivity index (χ2v) is 5.97. The number of imide groups is 1. The zero-order chi connectivity index (χ0) is 19.8. The number of nitrogens with one attached hydrogen (secondary N) is 3. The molecule has 0 bridgehead atoms. The fourth-order valence-electron chi connectivity index (χ4n) is 2.55. The number of anilines is 1. The van der Waals surface area contributed by atoms with Gasteiger partial charge in [0, 0.05) is 11.6 Å². The highest BCUT2D eigenvalue weighted by Gasteiger charge is 2.16. The van der Waals surface area contributed by atoms with E-state index in [4.69, 9.17) is 9.47 Å². The van der Waals surface area contributed by atoms with Crippen molar-refractivity contribution >= 4 is 17.6 Å². The Hall–Kier alpha value is -3.13. The minimum Gasteiger partial charge on any atom is -0.497 e. The fourth-order valence-corrected chi connectivity index (χ4v) is 2.55. The van der Waals surface area contributed by atoms with Crippen LogP contribution in [0, 0.1) is 5.82 Å². The molecule has 2 rings (SSSR count). The Bertz CT molecular complexity index is 813. The topological polar surface area (TPSA) is 81.1 Å². The number of urea groups is 1. The highest BCUT2D eigenvalue weighted by atomic mass is 19.1. The fraction of sp³-hybridized carbons (Fsp3) is 0.263. The minimum absolute atomic E-state index is 0.00599. The second-order valence-electron chi connectivity index (χ2n) is 5.97. The van der Waals surface area contributed by atoms with E-state index in [-0.39, 0.29) is 12.2 Å². The van der Waals surface area contributed by atoms with E-state index in [1.807, 2.05) is 19.2 Å². The van der Waals surface area contributed by atoms with Gasteiger partial charge in [-0.1, -0.05) is 12.1 Å². The normalized spacial score (nSPS) is 11.4. The van der Waals surface area contributed by atoms with Crippen LogP contribution < -0.4 is 25.0 Å². The molecule has 3 amide bonds. The van der Waals surface area contributed by atoms with Crippen LogP contribution in [0.15, 0.2) is 42.5 Å². The molecule has 7 nitrogen and oxygen atoms in total. The molecule has 0 saturated carbocycles. The first-order chi connectivity index (χ1) is 12.9.